The molecule has 1 saturated heterocycles. The summed E-state index contributed by atoms with van der Waals surface area (Å²) in [6, 6.07) is 0. The van der Waals surface area contributed by atoms with Crippen LogP contribution in [0.3, 0.4) is 0 Å². The summed E-state index contributed by atoms with van der Waals surface area (Å²) < 4.78 is 0. The fourth-order valence-electron chi connectivity index (χ4n) is 1.64. The van der Waals surface area contributed by atoms with E-state index in [0.717, 1.165) is 45.7 Å². The maximum Gasteiger partial charge on any atom is 0.0273 e. The number of rotatable bonds is 13. The lowest BCUT2D eigenvalue weighted by Gasteiger charge is -2.07. The zero-order chi connectivity index (χ0) is 12.2. The molecule has 1 fully saturated rings. The molecule has 1 aliphatic rings. The molecule has 0 unspecified atom stereocenters. The van der Waals surface area contributed by atoms with Crippen molar-refractivity contribution in [1.82, 2.24) is 21.1 Å². The summed E-state index contributed by atoms with van der Waals surface area (Å²) in [5.41, 5.74) is 8.77. The van der Waals surface area contributed by atoms with Crippen molar-refractivity contribution in [2.24, 2.45) is 5.73 Å². The van der Waals surface area contributed by atoms with Crippen LogP contribution in [0, 0.1) is 0 Å². The van der Waals surface area contributed by atoms with Gasteiger partial charge >= 0.3 is 0 Å². The van der Waals surface area contributed by atoms with Gasteiger partial charge < -0.3 is 16.4 Å². The van der Waals surface area contributed by atoms with Gasteiger partial charge in [-0.15, -0.1) is 0 Å². The molecule has 0 bridgehead atoms. The van der Waals surface area contributed by atoms with E-state index in [2.05, 4.69) is 21.1 Å². The topological polar surface area (TPSA) is 65.1 Å². The summed E-state index contributed by atoms with van der Waals surface area (Å²) in [6.07, 6.45) is 4.81. The molecule has 102 valence electrons. The quantitative estimate of drug-likeness (QED) is 0.260. The molecule has 5 heteroatoms. The second-order valence-electron chi connectivity index (χ2n) is 4.60. The monoisotopic (exact) mass is 243 g/mol. The SMILES string of the molecule is NCCCNCCCCNCCCNN1CC1. The molecule has 0 aromatic heterocycles. The van der Waals surface area contributed by atoms with E-state index in [0.29, 0.717) is 0 Å². The molecule has 1 heterocycles. The van der Waals surface area contributed by atoms with E-state index in [4.69, 9.17) is 5.73 Å². The summed E-state index contributed by atoms with van der Waals surface area (Å²) in [7, 11) is 0. The van der Waals surface area contributed by atoms with Crippen LogP contribution in [0.5, 0.6) is 0 Å². The van der Waals surface area contributed by atoms with Crippen LogP contribution in [0.25, 0.3) is 0 Å². The molecule has 1 rings (SSSR count). The Balaban J connectivity index is 1.61. The van der Waals surface area contributed by atoms with Crippen LogP contribution in [0.15, 0.2) is 0 Å². The highest BCUT2D eigenvalue weighted by Crippen LogP contribution is 1.95. The number of hydrogen-bond acceptors (Lipinski definition) is 5. The zero-order valence-electron chi connectivity index (χ0n) is 11.0. The lowest BCUT2D eigenvalue weighted by molar-refractivity contribution is 0.395. The van der Waals surface area contributed by atoms with Crippen LogP contribution in [0.2, 0.25) is 0 Å². The minimum atomic E-state index is 0.792. The second-order valence-corrected chi connectivity index (χ2v) is 4.60. The third-order valence-electron chi connectivity index (χ3n) is 2.83. The summed E-state index contributed by atoms with van der Waals surface area (Å²) in [4.78, 5) is 0. The van der Waals surface area contributed by atoms with Gasteiger partial charge in [0.2, 0.25) is 0 Å². The first-order valence-electron chi connectivity index (χ1n) is 7.03. The van der Waals surface area contributed by atoms with Crippen molar-refractivity contribution in [3.05, 3.63) is 0 Å². The zero-order valence-corrected chi connectivity index (χ0v) is 11.0. The van der Waals surface area contributed by atoms with Gasteiger partial charge in [0.15, 0.2) is 0 Å². The Hall–Kier alpha value is -0.200. The standard InChI is InChI=1S/C12H29N5/c13-5-3-8-14-6-1-2-7-15-9-4-10-16-17-11-12-17/h14-16H,1-13H2. The molecule has 0 amide bonds. The van der Waals surface area contributed by atoms with Crippen molar-refractivity contribution in [2.45, 2.75) is 25.7 Å². The fourth-order valence-corrected chi connectivity index (χ4v) is 1.64. The Labute approximate surface area is 105 Å². The predicted molar refractivity (Wildman–Crippen MR) is 72.8 cm³/mol. The Bertz CT molecular complexity index is 161. The van der Waals surface area contributed by atoms with Crippen molar-refractivity contribution in [3.63, 3.8) is 0 Å². The van der Waals surface area contributed by atoms with Gasteiger partial charge in [0.25, 0.3) is 0 Å². The minimum Gasteiger partial charge on any atom is -0.330 e. The van der Waals surface area contributed by atoms with Crippen LogP contribution in [-0.2, 0) is 0 Å². The Morgan fingerprint density at radius 1 is 0.765 bits per heavy atom. The lowest BCUT2D eigenvalue weighted by Crippen LogP contribution is -2.26. The van der Waals surface area contributed by atoms with E-state index in [-0.39, 0.29) is 0 Å². The molecule has 1 aliphatic heterocycles. The Morgan fingerprint density at radius 2 is 1.35 bits per heavy atom. The first kappa shape index (κ1) is 14.9. The highest BCUT2D eigenvalue weighted by Gasteiger charge is 2.14. The van der Waals surface area contributed by atoms with Gasteiger partial charge in [-0.25, -0.2) is 5.01 Å². The highest BCUT2D eigenvalue weighted by molar-refractivity contribution is 4.66. The molecule has 5 nitrogen and oxygen atoms in total. The molecule has 0 aromatic rings. The number of nitrogens with one attached hydrogen (secondary N) is 3. The van der Waals surface area contributed by atoms with Crippen molar-refractivity contribution in [3.8, 4) is 0 Å². The number of unbranched alkanes of at least 4 members (excludes halogenated alkanes) is 1. The third kappa shape index (κ3) is 10.7. The summed E-state index contributed by atoms with van der Waals surface area (Å²) in [5, 5.41) is 9.11. The molecule has 5 N–H and O–H groups in total. The fraction of sp³-hybridized carbons (Fsp3) is 1.00. The number of hydrazine groups is 1. The van der Waals surface area contributed by atoms with Gasteiger partial charge in [0.1, 0.15) is 0 Å². The maximum atomic E-state index is 5.41. The van der Waals surface area contributed by atoms with Crippen molar-refractivity contribution < 1.29 is 0 Å². The average Bonchev–Trinajstić information content (AvgIpc) is 3.15. The third-order valence-corrected chi connectivity index (χ3v) is 2.83. The normalized spacial score (nSPS) is 15.4. The average molecular weight is 243 g/mol. The first-order chi connectivity index (χ1) is 8.43. The van der Waals surface area contributed by atoms with E-state index in [1.165, 1.54) is 32.4 Å². The first-order valence-corrected chi connectivity index (χ1v) is 7.03. The number of nitrogens with two attached hydrogens (primary N) is 1. The lowest BCUT2D eigenvalue weighted by atomic mass is 10.3. The molecular weight excluding hydrogens is 214 g/mol. The van der Waals surface area contributed by atoms with Crippen molar-refractivity contribution in [2.75, 3.05) is 52.4 Å². The molecule has 0 atom stereocenters. The van der Waals surface area contributed by atoms with Gasteiger partial charge in [-0.05, 0) is 58.4 Å². The second kappa shape index (κ2) is 10.9. The van der Waals surface area contributed by atoms with E-state index >= 15 is 0 Å². The van der Waals surface area contributed by atoms with Crippen LogP contribution in [0.1, 0.15) is 25.7 Å². The van der Waals surface area contributed by atoms with E-state index in [9.17, 15) is 0 Å². The number of nitrogens with zero attached hydrogens (tertiary/aromatic N) is 1. The van der Waals surface area contributed by atoms with E-state index in [1.54, 1.807) is 0 Å². The Kier molecular flexibility index (Phi) is 9.55. The number of hydrogen-bond donors (Lipinski definition) is 4. The van der Waals surface area contributed by atoms with Gasteiger partial charge in [-0.2, -0.15) is 0 Å². The summed E-state index contributed by atoms with van der Waals surface area (Å²) in [5.74, 6) is 0. The summed E-state index contributed by atoms with van der Waals surface area (Å²) in [6.45, 7) is 8.80. The van der Waals surface area contributed by atoms with Gasteiger partial charge in [-0.3, -0.25) is 5.43 Å². The van der Waals surface area contributed by atoms with E-state index < -0.39 is 0 Å². The van der Waals surface area contributed by atoms with E-state index in [1.807, 2.05) is 0 Å². The van der Waals surface area contributed by atoms with Crippen molar-refractivity contribution >= 4 is 0 Å². The van der Waals surface area contributed by atoms with Crippen LogP contribution in [0.4, 0.5) is 0 Å². The molecular formula is C12H29N5. The largest absolute Gasteiger partial charge is 0.330 e. The predicted octanol–water partition coefficient (Wildman–Crippen LogP) is -0.495. The van der Waals surface area contributed by atoms with Crippen molar-refractivity contribution in [1.29, 1.82) is 0 Å². The van der Waals surface area contributed by atoms with Gasteiger partial charge in [0.05, 0.1) is 0 Å². The minimum absolute atomic E-state index is 0.792. The van der Waals surface area contributed by atoms with Crippen LogP contribution >= 0.6 is 0 Å². The molecule has 0 aliphatic carbocycles. The molecule has 17 heavy (non-hydrogen) atoms. The molecule has 0 radical (unpaired) electrons. The molecule has 0 spiro atoms. The smallest absolute Gasteiger partial charge is 0.0273 e. The summed E-state index contributed by atoms with van der Waals surface area (Å²) >= 11 is 0. The maximum absolute atomic E-state index is 5.41. The van der Waals surface area contributed by atoms with Gasteiger partial charge in [-0.1, -0.05) is 0 Å². The van der Waals surface area contributed by atoms with Crippen LogP contribution < -0.4 is 21.8 Å². The molecule has 0 saturated carbocycles. The highest BCUT2D eigenvalue weighted by atomic mass is 15.6. The van der Waals surface area contributed by atoms with Crippen LogP contribution in [-0.4, -0.2) is 57.4 Å². The van der Waals surface area contributed by atoms with Gasteiger partial charge in [0, 0.05) is 19.6 Å². The Morgan fingerprint density at radius 3 is 1.94 bits per heavy atom. The molecule has 0 aromatic carbocycles.